The molecule has 2 nitrogen and oxygen atoms in total. The molecule has 0 aliphatic carbocycles. The number of furan rings is 1. The molecule has 0 atom stereocenters. The lowest BCUT2D eigenvalue weighted by Gasteiger charge is -2.28. The van der Waals surface area contributed by atoms with Crippen molar-refractivity contribution >= 4 is 49.8 Å². The van der Waals surface area contributed by atoms with Crippen LogP contribution in [0.3, 0.4) is 0 Å². The predicted molar refractivity (Wildman–Crippen MR) is 202 cm³/mol. The number of hydrogen-bond acceptors (Lipinski definition) is 2. The molecule has 0 fully saturated rings. The van der Waals surface area contributed by atoms with Gasteiger partial charge in [0.2, 0.25) is 0 Å². The molecular weight excluding hydrogens is 583 g/mol. The highest BCUT2D eigenvalue weighted by Crippen LogP contribution is 2.45. The fourth-order valence-corrected chi connectivity index (χ4v) is 7.03. The molecule has 0 spiro atoms. The maximum Gasteiger partial charge on any atom is 0.137 e. The standard InChI is InChI=1S/C46H31NO/c1-3-13-32(14-4-1)33-25-27-36(28-26-33)47(37-29-30-41-40-20-8-10-24-44(40)48-45(41)31-37)43-23-9-7-19-39(43)42-22-12-18-35-17-11-21-38(46(35)42)34-15-5-2-6-16-34/h1-31H. The Hall–Kier alpha value is -6.38. The monoisotopic (exact) mass is 613 g/mol. The molecule has 0 radical (unpaired) electrons. The molecule has 0 unspecified atom stereocenters. The van der Waals surface area contributed by atoms with Crippen LogP contribution in [0.5, 0.6) is 0 Å². The third-order valence-electron chi connectivity index (χ3n) is 9.28. The van der Waals surface area contributed by atoms with Crippen molar-refractivity contribution < 1.29 is 4.42 Å². The van der Waals surface area contributed by atoms with Gasteiger partial charge in [0.1, 0.15) is 11.2 Å². The molecule has 0 bridgehead atoms. The van der Waals surface area contributed by atoms with Crippen LogP contribution in [0.2, 0.25) is 0 Å². The van der Waals surface area contributed by atoms with Gasteiger partial charge in [0, 0.05) is 33.8 Å². The summed E-state index contributed by atoms with van der Waals surface area (Å²) in [7, 11) is 0. The first kappa shape index (κ1) is 27.9. The van der Waals surface area contributed by atoms with Gasteiger partial charge in [-0.25, -0.2) is 0 Å². The molecule has 0 saturated heterocycles. The summed E-state index contributed by atoms with van der Waals surface area (Å²) in [5, 5.41) is 4.70. The summed E-state index contributed by atoms with van der Waals surface area (Å²) in [5.41, 5.74) is 12.1. The van der Waals surface area contributed by atoms with E-state index in [9.17, 15) is 0 Å². The molecule has 2 heteroatoms. The molecule has 48 heavy (non-hydrogen) atoms. The smallest absolute Gasteiger partial charge is 0.137 e. The number of benzene rings is 8. The lowest BCUT2D eigenvalue weighted by molar-refractivity contribution is 0.669. The fourth-order valence-electron chi connectivity index (χ4n) is 7.03. The quantitative estimate of drug-likeness (QED) is 0.185. The van der Waals surface area contributed by atoms with E-state index < -0.39 is 0 Å². The summed E-state index contributed by atoms with van der Waals surface area (Å²) in [6.07, 6.45) is 0. The van der Waals surface area contributed by atoms with Crippen molar-refractivity contribution in [3.05, 3.63) is 188 Å². The van der Waals surface area contributed by atoms with Gasteiger partial charge < -0.3 is 9.32 Å². The van der Waals surface area contributed by atoms with Crippen LogP contribution in [-0.4, -0.2) is 0 Å². The van der Waals surface area contributed by atoms with Gasteiger partial charge in [-0.3, -0.25) is 0 Å². The summed E-state index contributed by atoms with van der Waals surface area (Å²) in [5.74, 6) is 0. The highest BCUT2D eigenvalue weighted by atomic mass is 16.3. The number of nitrogens with zero attached hydrogens (tertiary/aromatic N) is 1. The molecule has 0 amide bonds. The number of hydrogen-bond donors (Lipinski definition) is 0. The van der Waals surface area contributed by atoms with Gasteiger partial charge in [0.05, 0.1) is 5.69 Å². The molecule has 8 aromatic carbocycles. The summed E-state index contributed by atoms with van der Waals surface area (Å²) < 4.78 is 6.40. The van der Waals surface area contributed by atoms with Crippen LogP contribution in [0.1, 0.15) is 0 Å². The largest absolute Gasteiger partial charge is 0.456 e. The Morgan fingerprint density at radius 1 is 0.354 bits per heavy atom. The van der Waals surface area contributed by atoms with Crippen LogP contribution in [-0.2, 0) is 0 Å². The lowest BCUT2D eigenvalue weighted by atomic mass is 9.90. The molecule has 0 aliphatic rings. The Morgan fingerprint density at radius 2 is 0.938 bits per heavy atom. The second-order valence-corrected chi connectivity index (χ2v) is 12.1. The van der Waals surface area contributed by atoms with Crippen LogP contribution < -0.4 is 4.90 Å². The van der Waals surface area contributed by atoms with E-state index in [0.29, 0.717) is 0 Å². The lowest BCUT2D eigenvalue weighted by Crippen LogP contribution is -2.11. The molecular formula is C46H31NO. The highest BCUT2D eigenvalue weighted by molar-refractivity contribution is 6.09. The third-order valence-corrected chi connectivity index (χ3v) is 9.28. The fraction of sp³-hybridized carbons (Fsp3) is 0. The normalized spacial score (nSPS) is 11.3. The topological polar surface area (TPSA) is 16.4 Å². The summed E-state index contributed by atoms with van der Waals surface area (Å²) in [4.78, 5) is 2.36. The second kappa shape index (κ2) is 11.8. The van der Waals surface area contributed by atoms with Gasteiger partial charge in [-0.1, -0.05) is 146 Å². The molecule has 9 aromatic rings. The van der Waals surface area contributed by atoms with E-state index in [1.165, 1.54) is 38.6 Å². The number of rotatable bonds is 6. The minimum Gasteiger partial charge on any atom is -0.456 e. The number of para-hydroxylation sites is 2. The minimum absolute atomic E-state index is 0.869. The van der Waals surface area contributed by atoms with Crippen molar-refractivity contribution in [3.63, 3.8) is 0 Å². The van der Waals surface area contributed by atoms with Gasteiger partial charge >= 0.3 is 0 Å². The molecule has 9 rings (SSSR count). The van der Waals surface area contributed by atoms with Gasteiger partial charge in [0.15, 0.2) is 0 Å². The summed E-state index contributed by atoms with van der Waals surface area (Å²) in [6, 6.07) is 66.9. The van der Waals surface area contributed by atoms with Crippen molar-refractivity contribution in [1.82, 2.24) is 0 Å². The van der Waals surface area contributed by atoms with Crippen molar-refractivity contribution in [1.29, 1.82) is 0 Å². The van der Waals surface area contributed by atoms with Gasteiger partial charge in [-0.15, -0.1) is 0 Å². The van der Waals surface area contributed by atoms with Crippen molar-refractivity contribution in [2.24, 2.45) is 0 Å². The molecule has 1 aromatic heterocycles. The average Bonchev–Trinajstić information content (AvgIpc) is 3.54. The first-order valence-electron chi connectivity index (χ1n) is 16.4. The van der Waals surface area contributed by atoms with E-state index >= 15 is 0 Å². The van der Waals surface area contributed by atoms with E-state index in [0.717, 1.165) is 44.6 Å². The van der Waals surface area contributed by atoms with Crippen molar-refractivity contribution in [2.75, 3.05) is 4.90 Å². The maximum absolute atomic E-state index is 6.40. The first-order valence-corrected chi connectivity index (χ1v) is 16.4. The van der Waals surface area contributed by atoms with Gasteiger partial charge in [-0.05, 0) is 75.0 Å². The van der Waals surface area contributed by atoms with Gasteiger partial charge in [0.25, 0.3) is 0 Å². The molecule has 0 saturated carbocycles. The van der Waals surface area contributed by atoms with E-state index in [1.54, 1.807) is 0 Å². The summed E-state index contributed by atoms with van der Waals surface area (Å²) >= 11 is 0. The zero-order valence-electron chi connectivity index (χ0n) is 26.3. The number of anilines is 3. The molecule has 1 heterocycles. The van der Waals surface area contributed by atoms with E-state index in [1.807, 2.05) is 12.1 Å². The Morgan fingerprint density at radius 3 is 1.73 bits per heavy atom. The van der Waals surface area contributed by atoms with Crippen LogP contribution in [0.4, 0.5) is 17.1 Å². The van der Waals surface area contributed by atoms with Crippen LogP contribution in [0, 0.1) is 0 Å². The molecule has 0 aliphatic heterocycles. The highest BCUT2D eigenvalue weighted by Gasteiger charge is 2.21. The van der Waals surface area contributed by atoms with E-state index in [4.69, 9.17) is 4.42 Å². The van der Waals surface area contributed by atoms with Gasteiger partial charge in [-0.2, -0.15) is 0 Å². The van der Waals surface area contributed by atoms with E-state index in [2.05, 4.69) is 181 Å². The Kier molecular flexibility index (Phi) is 6.84. The maximum atomic E-state index is 6.40. The van der Waals surface area contributed by atoms with Crippen molar-refractivity contribution in [3.8, 4) is 33.4 Å². The Balaban J connectivity index is 1.27. The average molecular weight is 614 g/mol. The minimum atomic E-state index is 0.869. The Bertz CT molecular complexity index is 2540. The first-order chi connectivity index (χ1) is 23.8. The second-order valence-electron chi connectivity index (χ2n) is 12.1. The molecule has 0 N–H and O–H groups in total. The van der Waals surface area contributed by atoms with Crippen LogP contribution in [0.15, 0.2) is 192 Å². The zero-order valence-corrected chi connectivity index (χ0v) is 26.3. The SMILES string of the molecule is c1ccc(-c2ccc(N(c3ccc4c(c3)oc3ccccc34)c3ccccc3-c3cccc4cccc(-c5ccccc5)c34)cc2)cc1. The van der Waals surface area contributed by atoms with Crippen LogP contribution >= 0.6 is 0 Å². The predicted octanol–water partition coefficient (Wildman–Crippen LogP) is 13.2. The Labute approximate surface area is 279 Å². The number of fused-ring (bicyclic) bond motifs is 4. The van der Waals surface area contributed by atoms with E-state index in [-0.39, 0.29) is 0 Å². The third kappa shape index (κ3) is 4.83. The zero-order chi connectivity index (χ0) is 31.9. The molecule has 226 valence electrons. The summed E-state index contributed by atoms with van der Waals surface area (Å²) in [6.45, 7) is 0. The van der Waals surface area contributed by atoms with Crippen LogP contribution in [0.25, 0.3) is 66.1 Å². The van der Waals surface area contributed by atoms with Crippen molar-refractivity contribution in [2.45, 2.75) is 0 Å².